The highest BCUT2D eigenvalue weighted by Crippen LogP contribution is 2.08. The van der Waals surface area contributed by atoms with Gasteiger partial charge in [0.05, 0.1) is 0 Å². The number of fused-ring (bicyclic) bond motifs is 5. The van der Waals surface area contributed by atoms with Crippen LogP contribution in [-0.4, -0.2) is 20.1 Å². The summed E-state index contributed by atoms with van der Waals surface area (Å²) in [6.07, 6.45) is 13.0. The largest absolute Gasteiger partial charge is 1.00 e. The third-order valence-corrected chi connectivity index (χ3v) is 3.93. The van der Waals surface area contributed by atoms with Crippen molar-refractivity contribution in [3.05, 3.63) is 72.8 Å². The zero-order chi connectivity index (χ0) is 13.4. The van der Waals surface area contributed by atoms with E-state index in [4.69, 9.17) is 0 Å². The maximum absolute atomic E-state index is 2.25. The topological polar surface area (TPSA) is 80.6 Å². The summed E-state index contributed by atoms with van der Waals surface area (Å²) in [7, 11) is 0. The van der Waals surface area contributed by atoms with E-state index in [2.05, 4.69) is 80.0 Å². The van der Waals surface area contributed by atoms with Gasteiger partial charge in [-0.05, 0) is 0 Å². The lowest BCUT2D eigenvalue weighted by molar-refractivity contribution is -0.693. The van der Waals surface area contributed by atoms with Crippen molar-refractivity contribution in [1.29, 1.82) is 0 Å². The lowest BCUT2D eigenvalue weighted by atomic mass is 10.1. The summed E-state index contributed by atoms with van der Waals surface area (Å²) in [5.74, 6) is 0. The predicted octanol–water partition coefficient (Wildman–Crippen LogP) is -6.67. The highest BCUT2D eigenvalue weighted by molar-refractivity contribution is 5.25. The van der Waals surface area contributed by atoms with Crippen LogP contribution in [0.15, 0.2) is 61.7 Å². The van der Waals surface area contributed by atoms with Gasteiger partial charge in [-0.1, -0.05) is 24.3 Å². The van der Waals surface area contributed by atoms with Gasteiger partial charge in [0.2, 0.25) is 12.7 Å². The van der Waals surface area contributed by atoms with Gasteiger partial charge >= 0.3 is 0 Å². The molecule has 0 saturated heterocycles. The third-order valence-electron chi connectivity index (χ3n) is 3.93. The second kappa shape index (κ2) is 9.73. The van der Waals surface area contributed by atoms with Gasteiger partial charge in [0.1, 0.15) is 51.0 Å². The highest BCUT2D eigenvalue weighted by Gasteiger charge is 2.13. The van der Waals surface area contributed by atoms with Gasteiger partial charge in [0, 0.05) is 11.1 Å². The van der Waals surface area contributed by atoms with Crippen LogP contribution in [0.3, 0.4) is 0 Å². The number of nitrogens with zero attached hydrogens (tertiary/aromatic N) is 4. The van der Waals surface area contributed by atoms with E-state index in [1.165, 1.54) is 11.1 Å². The van der Waals surface area contributed by atoms with Gasteiger partial charge in [0.25, 0.3) is 0 Å². The molecule has 4 bridgehead atoms. The molecule has 24 heavy (non-hydrogen) atoms. The molecule has 1 aliphatic heterocycles. The molecule has 6 nitrogen and oxygen atoms in total. The number of rotatable bonds is 0. The maximum atomic E-state index is 2.25. The fourth-order valence-corrected chi connectivity index (χ4v) is 2.82. The zero-order valence-corrected chi connectivity index (χ0v) is 16.3. The van der Waals surface area contributed by atoms with Crippen LogP contribution in [-0.2, 0) is 26.2 Å². The number of halogens is 2. The Bertz CT molecular complexity index is 695. The summed E-state index contributed by atoms with van der Waals surface area (Å²) < 4.78 is 9.00. The van der Waals surface area contributed by atoms with Crippen LogP contribution in [0.5, 0.6) is 0 Å². The molecule has 0 fully saturated rings. The number of hydrogen-bond donors (Lipinski definition) is 0. The number of imidazole rings is 2. The minimum absolute atomic E-state index is 0. The lowest BCUT2D eigenvalue weighted by Gasteiger charge is -2.06. The van der Waals surface area contributed by atoms with Gasteiger partial charge in [-0.25, -0.2) is 18.3 Å². The van der Waals surface area contributed by atoms with Crippen molar-refractivity contribution in [2.24, 2.45) is 0 Å². The summed E-state index contributed by atoms with van der Waals surface area (Å²) in [4.78, 5) is 0. The summed E-state index contributed by atoms with van der Waals surface area (Å²) >= 11 is 0. The summed E-state index contributed by atoms with van der Waals surface area (Å²) in [6.45, 7) is 3.88. The first kappa shape index (κ1) is 22.5. The minimum atomic E-state index is 0. The Morgan fingerprint density at radius 1 is 0.708 bits per heavy atom. The Morgan fingerprint density at radius 2 is 1.12 bits per heavy atom. The standard InChI is InChI=1S/C16H18N4.2BrH.2H2O/c1-2-4-16-12-20-10-8-18(14-20)6-5-17-7-9-19(13-17)11-15(16)3-1;;;;/h1-4,7-10,13-14H,5-6,11-12H2;2*1H;2*1H2/q+2;;;;/p-2. The first-order chi connectivity index (χ1) is 9.87. The van der Waals surface area contributed by atoms with Crippen molar-refractivity contribution in [3.63, 3.8) is 0 Å². The molecule has 1 aliphatic rings. The second-order valence-electron chi connectivity index (χ2n) is 5.42. The predicted molar refractivity (Wildman–Crippen MR) is 81.1 cm³/mol. The Labute approximate surface area is 162 Å². The molecule has 4 rings (SSSR count). The van der Waals surface area contributed by atoms with Crippen LogP contribution in [0.4, 0.5) is 0 Å². The number of benzene rings is 1. The van der Waals surface area contributed by atoms with E-state index in [1.807, 2.05) is 0 Å². The minimum Gasteiger partial charge on any atom is -1.00 e. The first-order valence-electron chi connectivity index (χ1n) is 7.03. The lowest BCUT2D eigenvalue weighted by Crippen LogP contribution is -3.00. The van der Waals surface area contributed by atoms with E-state index in [0.29, 0.717) is 0 Å². The molecule has 2 aromatic heterocycles. The molecule has 0 unspecified atom stereocenters. The summed E-state index contributed by atoms with van der Waals surface area (Å²) in [5, 5.41) is 0. The van der Waals surface area contributed by atoms with E-state index >= 15 is 0 Å². The van der Waals surface area contributed by atoms with Crippen LogP contribution >= 0.6 is 0 Å². The number of aryl methyl sites for hydroxylation is 2. The van der Waals surface area contributed by atoms with Gasteiger partial charge in [-0.15, -0.1) is 0 Å². The van der Waals surface area contributed by atoms with Gasteiger partial charge in [-0.2, -0.15) is 0 Å². The molecule has 132 valence electrons. The first-order valence-corrected chi connectivity index (χ1v) is 7.03. The van der Waals surface area contributed by atoms with Gasteiger partial charge < -0.3 is 44.9 Å². The molecule has 8 heteroatoms. The summed E-state index contributed by atoms with van der Waals surface area (Å²) in [5.41, 5.74) is 2.77. The Balaban J connectivity index is 0.00000132. The molecule has 0 aliphatic carbocycles. The second-order valence-corrected chi connectivity index (χ2v) is 5.42. The zero-order valence-electron chi connectivity index (χ0n) is 13.1. The molecule has 3 heterocycles. The van der Waals surface area contributed by atoms with Crippen LogP contribution in [0.1, 0.15) is 11.1 Å². The van der Waals surface area contributed by atoms with Crippen LogP contribution < -0.4 is 43.1 Å². The Kier molecular flexibility index (Phi) is 9.13. The molecule has 0 spiro atoms. The number of hydrogen-bond acceptors (Lipinski definition) is 0. The van der Waals surface area contributed by atoms with E-state index < -0.39 is 0 Å². The molecule has 0 saturated carbocycles. The molecule has 0 amide bonds. The molecule has 0 atom stereocenters. The fraction of sp³-hybridized carbons (Fsp3) is 0.250. The molecular formula is C16H22Br2N4O2. The number of aromatic nitrogens is 4. The monoisotopic (exact) mass is 460 g/mol. The Hall–Kier alpha value is -1.48. The quantitative estimate of drug-likeness (QED) is 0.298. The molecular weight excluding hydrogens is 440 g/mol. The van der Waals surface area contributed by atoms with E-state index in [-0.39, 0.29) is 44.9 Å². The van der Waals surface area contributed by atoms with E-state index in [9.17, 15) is 0 Å². The molecule has 0 radical (unpaired) electrons. The van der Waals surface area contributed by atoms with E-state index in [0.717, 1.165) is 26.2 Å². The Morgan fingerprint density at radius 3 is 1.54 bits per heavy atom. The van der Waals surface area contributed by atoms with Crippen LogP contribution in [0, 0.1) is 0 Å². The average Bonchev–Trinajstić information content (AvgIpc) is 3.08. The summed E-state index contributed by atoms with van der Waals surface area (Å²) in [6, 6.07) is 8.70. The van der Waals surface area contributed by atoms with E-state index in [1.54, 1.807) is 0 Å². The van der Waals surface area contributed by atoms with Crippen molar-refractivity contribution >= 4 is 0 Å². The smallest absolute Gasteiger partial charge is 0.244 e. The third kappa shape index (κ3) is 4.76. The van der Waals surface area contributed by atoms with Crippen molar-refractivity contribution in [2.75, 3.05) is 0 Å². The van der Waals surface area contributed by atoms with Crippen LogP contribution in [0.25, 0.3) is 0 Å². The normalized spacial score (nSPS) is 11.8. The fourth-order valence-electron chi connectivity index (χ4n) is 2.82. The SMILES string of the molecule is O.O.[Br-].[Br-].c1ccc2c(c1)C[n+]1ccn(c1)CCn1cc[n+](c1)C2. The molecule has 4 N–H and O–H groups in total. The average molecular weight is 462 g/mol. The van der Waals surface area contributed by atoms with Crippen molar-refractivity contribution < 1.29 is 54.0 Å². The van der Waals surface area contributed by atoms with Crippen molar-refractivity contribution in [3.8, 4) is 0 Å². The highest BCUT2D eigenvalue weighted by atomic mass is 79.9. The maximum Gasteiger partial charge on any atom is 0.244 e. The van der Waals surface area contributed by atoms with Crippen molar-refractivity contribution in [1.82, 2.24) is 9.13 Å². The van der Waals surface area contributed by atoms with Crippen molar-refractivity contribution in [2.45, 2.75) is 26.2 Å². The van der Waals surface area contributed by atoms with Crippen LogP contribution in [0.2, 0.25) is 0 Å². The van der Waals surface area contributed by atoms with Gasteiger partial charge in [0.15, 0.2) is 0 Å². The molecule has 1 aromatic carbocycles. The molecule has 3 aromatic rings. The van der Waals surface area contributed by atoms with Gasteiger partial charge in [-0.3, -0.25) is 0 Å².